The quantitative estimate of drug-likeness (QED) is 0.355. The molecule has 0 saturated heterocycles. The molecule has 3 aromatic carbocycles. The minimum absolute atomic E-state index is 0.0190. The van der Waals surface area contributed by atoms with Gasteiger partial charge in [-0.3, -0.25) is 9.36 Å². The smallest absolute Gasteiger partial charge is 0.233 e. The average molecular weight is 505 g/mol. The second kappa shape index (κ2) is 10.1. The molecule has 0 atom stereocenters. The molecule has 9 heteroatoms. The van der Waals surface area contributed by atoms with E-state index < -0.39 is 9.84 Å². The summed E-state index contributed by atoms with van der Waals surface area (Å²) in [6.45, 7) is 1.28. The lowest BCUT2D eigenvalue weighted by Gasteiger charge is -2.28. The number of aromatic nitrogens is 3. The summed E-state index contributed by atoms with van der Waals surface area (Å²) in [6, 6.07) is 25.9. The molecule has 1 aliphatic heterocycles. The van der Waals surface area contributed by atoms with Crippen molar-refractivity contribution >= 4 is 27.5 Å². The van der Waals surface area contributed by atoms with Gasteiger partial charge in [0.15, 0.2) is 20.8 Å². The number of hydrogen-bond donors (Lipinski definition) is 0. The van der Waals surface area contributed by atoms with Gasteiger partial charge in [0.25, 0.3) is 0 Å². The highest BCUT2D eigenvalue weighted by Gasteiger charge is 2.24. The van der Waals surface area contributed by atoms with Crippen molar-refractivity contribution in [2.45, 2.75) is 28.8 Å². The number of fused-ring (bicyclic) bond motifs is 1. The molecule has 2 heterocycles. The third-order valence-corrected chi connectivity index (χ3v) is 8.49. The summed E-state index contributed by atoms with van der Waals surface area (Å²) in [5.41, 5.74) is 3.22. The number of carbonyl (C=O) groups is 1. The molecule has 0 aliphatic carbocycles. The number of carbonyl (C=O) groups excluding carboxylic acids is 1. The van der Waals surface area contributed by atoms with E-state index >= 15 is 0 Å². The van der Waals surface area contributed by atoms with E-state index in [2.05, 4.69) is 22.3 Å². The van der Waals surface area contributed by atoms with E-state index in [1.165, 1.54) is 22.9 Å². The number of amides is 1. The third-order valence-electron chi connectivity index (χ3n) is 5.94. The molecule has 1 aliphatic rings. The topological polar surface area (TPSA) is 85.2 Å². The van der Waals surface area contributed by atoms with Crippen LogP contribution in [0.1, 0.15) is 17.0 Å². The number of hydrogen-bond acceptors (Lipinski definition) is 6. The van der Waals surface area contributed by atoms with Crippen molar-refractivity contribution in [1.82, 2.24) is 19.7 Å². The predicted octanol–water partition coefficient (Wildman–Crippen LogP) is 3.92. The van der Waals surface area contributed by atoms with Crippen LogP contribution in [0.3, 0.4) is 0 Å². The Morgan fingerprint density at radius 3 is 2.26 bits per heavy atom. The van der Waals surface area contributed by atoms with Crippen molar-refractivity contribution in [1.29, 1.82) is 0 Å². The van der Waals surface area contributed by atoms with Crippen LogP contribution in [0, 0.1) is 0 Å². The summed E-state index contributed by atoms with van der Waals surface area (Å²) < 4.78 is 27.8. The Hall–Kier alpha value is -3.43. The van der Waals surface area contributed by atoms with Crippen LogP contribution in [-0.2, 0) is 33.4 Å². The van der Waals surface area contributed by atoms with E-state index in [9.17, 15) is 13.2 Å². The summed E-state index contributed by atoms with van der Waals surface area (Å²) in [5.74, 6) is 0.224. The lowest BCUT2D eigenvalue weighted by molar-refractivity contribution is -0.129. The van der Waals surface area contributed by atoms with E-state index in [-0.39, 0.29) is 22.3 Å². The Bertz CT molecular complexity index is 1440. The van der Waals surface area contributed by atoms with Crippen molar-refractivity contribution in [2.24, 2.45) is 0 Å². The fraction of sp³-hybridized carbons (Fsp3) is 0.192. The van der Waals surface area contributed by atoms with Crippen LogP contribution in [0.4, 0.5) is 0 Å². The SMILES string of the molecule is O=C(CSc1nnc(CS(=O)(=O)c2ccccc2)n1-c1ccccc1)N1CCc2ccccc2C1. The van der Waals surface area contributed by atoms with Gasteiger partial charge in [0.05, 0.1) is 10.6 Å². The maximum Gasteiger partial charge on any atom is 0.233 e. The molecule has 1 amide bonds. The fourth-order valence-corrected chi connectivity index (χ4v) is 6.27. The molecule has 0 radical (unpaired) electrons. The van der Waals surface area contributed by atoms with Gasteiger partial charge < -0.3 is 4.90 Å². The second-order valence-electron chi connectivity index (χ2n) is 8.26. The molecule has 0 saturated carbocycles. The maximum atomic E-state index is 13.0. The van der Waals surface area contributed by atoms with Gasteiger partial charge in [-0.1, -0.05) is 72.4 Å². The third kappa shape index (κ3) is 5.16. The molecule has 4 aromatic rings. The van der Waals surface area contributed by atoms with E-state index in [4.69, 9.17) is 0 Å². The summed E-state index contributed by atoms with van der Waals surface area (Å²) >= 11 is 1.27. The van der Waals surface area contributed by atoms with Crippen LogP contribution in [-0.4, -0.2) is 46.3 Å². The van der Waals surface area contributed by atoms with E-state index in [1.807, 2.05) is 47.4 Å². The molecule has 178 valence electrons. The average Bonchev–Trinajstić information content (AvgIpc) is 3.29. The molecular weight excluding hydrogens is 480 g/mol. The normalized spacial score (nSPS) is 13.4. The Balaban J connectivity index is 1.37. The first-order chi connectivity index (χ1) is 17.0. The molecule has 0 unspecified atom stereocenters. The molecule has 0 N–H and O–H groups in total. The van der Waals surface area contributed by atoms with Crippen LogP contribution in [0.15, 0.2) is 95.0 Å². The number of nitrogens with zero attached hydrogens (tertiary/aromatic N) is 4. The summed E-state index contributed by atoms with van der Waals surface area (Å²) in [4.78, 5) is 15.1. The molecule has 0 fully saturated rings. The van der Waals surface area contributed by atoms with Crippen molar-refractivity contribution in [3.05, 3.63) is 102 Å². The summed E-state index contributed by atoms with van der Waals surface area (Å²) in [5, 5.41) is 8.96. The fourth-order valence-electron chi connectivity index (χ4n) is 4.13. The summed E-state index contributed by atoms with van der Waals surface area (Å²) in [6.07, 6.45) is 0.842. The maximum absolute atomic E-state index is 13.0. The number of benzene rings is 3. The molecule has 0 bridgehead atoms. The second-order valence-corrected chi connectivity index (χ2v) is 11.2. The van der Waals surface area contributed by atoms with Gasteiger partial charge in [-0.25, -0.2) is 8.42 Å². The van der Waals surface area contributed by atoms with Crippen LogP contribution in [0.5, 0.6) is 0 Å². The largest absolute Gasteiger partial charge is 0.337 e. The highest BCUT2D eigenvalue weighted by Crippen LogP contribution is 2.26. The predicted molar refractivity (Wildman–Crippen MR) is 135 cm³/mol. The van der Waals surface area contributed by atoms with Gasteiger partial charge >= 0.3 is 0 Å². The van der Waals surface area contributed by atoms with Gasteiger partial charge in [-0.2, -0.15) is 0 Å². The van der Waals surface area contributed by atoms with E-state index in [1.54, 1.807) is 34.9 Å². The van der Waals surface area contributed by atoms with Gasteiger partial charge in [0, 0.05) is 18.8 Å². The van der Waals surface area contributed by atoms with Gasteiger partial charge in [-0.05, 0) is 41.8 Å². The number of rotatable bonds is 7. The van der Waals surface area contributed by atoms with Crippen LogP contribution in [0.2, 0.25) is 0 Å². The van der Waals surface area contributed by atoms with Crippen molar-refractivity contribution in [3.63, 3.8) is 0 Å². The zero-order chi connectivity index (χ0) is 24.3. The molecule has 5 rings (SSSR count). The first kappa shape index (κ1) is 23.3. The van der Waals surface area contributed by atoms with Gasteiger partial charge in [0.2, 0.25) is 5.91 Å². The Morgan fingerprint density at radius 2 is 1.51 bits per heavy atom. The van der Waals surface area contributed by atoms with E-state index in [0.717, 1.165) is 12.1 Å². The Labute approximate surface area is 208 Å². The highest BCUT2D eigenvalue weighted by molar-refractivity contribution is 7.99. The molecule has 7 nitrogen and oxygen atoms in total. The Morgan fingerprint density at radius 1 is 0.857 bits per heavy atom. The van der Waals surface area contributed by atoms with Crippen LogP contribution >= 0.6 is 11.8 Å². The number of thioether (sulfide) groups is 1. The molecule has 35 heavy (non-hydrogen) atoms. The number of para-hydroxylation sites is 1. The van der Waals surface area contributed by atoms with Crippen LogP contribution in [0.25, 0.3) is 5.69 Å². The standard InChI is InChI=1S/C26H24N4O3S2/c31-25(29-16-15-20-9-7-8-10-21(20)17-29)18-34-26-28-27-24(30(26)22-11-3-1-4-12-22)19-35(32,33)23-13-5-2-6-14-23/h1-14H,15-19H2. The summed E-state index contributed by atoms with van der Waals surface area (Å²) in [7, 11) is -3.62. The molecule has 0 spiro atoms. The zero-order valence-corrected chi connectivity index (χ0v) is 20.6. The van der Waals surface area contributed by atoms with E-state index in [0.29, 0.717) is 24.1 Å². The monoisotopic (exact) mass is 504 g/mol. The minimum atomic E-state index is -3.62. The first-order valence-corrected chi connectivity index (χ1v) is 13.9. The Kier molecular flexibility index (Phi) is 6.70. The van der Waals surface area contributed by atoms with Gasteiger partial charge in [0.1, 0.15) is 5.75 Å². The van der Waals surface area contributed by atoms with Crippen molar-refractivity contribution in [3.8, 4) is 5.69 Å². The molecular formula is C26H24N4O3S2. The zero-order valence-electron chi connectivity index (χ0n) is 18.9. The van der Waals surface area contributed by atoms with Crippen molar-refractivity contribution in [2.75, 3.05) is 12.3 Å². The van der Waals surface area contributed by atoms with Gasteiger partial charge in [-0.15, -0.1) is 10.2 Å². The van der Waals surface area contributed by atoms with Crippen LogP contribution < -0.4 is 0 Å². The lowest BCUT2D eigenvalue weighted by Crippen LogP contribution is -2.37. The van der Waals surface area contributed by atoms with Crippen molar-refractivity contribution < 1.29 is 13.2 Å². The first-order valence-electron chi connectivity index (χ1n) is 11.3. The minimum Gasteiger partial charge on any atom is -0.337 e. The lowest BCUT2D eigenvalue weighted by atomic mass is 10.00. The highest BCUT2D eigenvalue weighted by atomic mass is 32.2. The number of sulfone groups is 1. The molecule has 1 aromatic heterocycles.